The van der Waals surface area contributed by atoms with Gasteiger partial charge in [0.25, 0.3) is 5.69 Å². The number of nitrogens with zero attached hydrogens (tertiary/aromatic N) is 1. The molecule has 0 bridgehead atoms. The maximum Gasteiger partial charge on any atom is 0.276 e. The van der Waals surface area contributed by atoms with Gasteiger partial charge in [0.15, 0.2) is 6.10 Å². The summed E-state index contributed by atoms with van der Waals surface area (Å²) in [7, 11) is 0. The van der Waals surface area contributed by atoms with Gasteiger partial charge in [-0.1, -0.05) is 30.3 Å². The van der Waals surface area contributed by atoms with Crippen molar-refractivity contribution in [2.24, 2.45) is 0 Å². The molecule has 0 fully saturated rings. The third kappa shape index (κ3) is 2.29. The molecule has 1 heterocycles. The van der Waals surface area contributed by atoms with E-state index in [1.165, 1.54) is 6.07 Å². The molecule has 1 aliphatic heterocycles. The second kappa shape index (κ2) is 5.20. The highest BCUT2D eigenvalue weighted by molar-refractivity contribution is 5.86. The van der Waals surface area contributed by atoms with Gasteiger partial charge in [0, 0.05) is 17.2 Å². The van der Waals surface area contributed by atoms with E-state index in [0.717, 1.165) is 5.56 Å². The van der Waals surface area contributed by atoms with E-state index in [4.69, 9.17) is 4.74 Å². The summed E-state index contributed by atoms with van der Waals surface area (Å²) < 4.78 is 5.81. The highest BCUT2D eigenvalue weighted by Gasteiger charge is 2.29. The van der Waals surface area contributed by atoms with E-state index < -0.39 is 11.0 Å². The summed E-state index contributed by atoms with van der Waals surface area (Å²) in [5, 5.41) is 11.1. The van der Waals surface area contributed by atoms with Crippen molar-refractivity contribution < 1.29 is 14.5 Å². The molecule has 5 heteroatoms. The van der Waals surface area contributed by atoms with E-state index in [1.807, 2.05) is 18.2 Å². The number of carbonyl (C=O) groups excluding carboxylic acids is 1. The smallest absolute Gasteiger partial charge is 0.276 e. The lowest BCUT2D eigenvalue weighted by Crippen LogP contribution is -2.16. The van der Waals surface area contributed by atoms with Gasteiger partial charge < -0.3 is 4.74 Å². The summed E-state index contributed by atoms with van der Waals surface area (Å²) >= 11 is 0. The zero-order valence-corrected chi connectivity index (χ0v) is 10.9. The van der Waals surface area contributed by atoms with Gasteiger partial charge in [-0.05, 0) is 18.2 Å². The Morgan fingerprint density at radius 1 is 1.10 bits per heavy atom. The van der Waals surface area contributed by atoms with Crippen molar-refractivity contribution in [2.45, 2.75) is 6.10 Å². The second-order valence-corrected chi connectivity index (χ2v) is 4.61. The van der Waals surface area contributed by atoms with Gasteiger partial charge in [-0.15, -0.1) is 0 Å². The average molecular weight is 281 g/mol. The van der Waals surface area contributed by atoms with E-state index in [1.54, 1.807) is 30.3 Å². The predicted octanol–water partition coefficient (Wildman–Crippen LogP) is 3.31. The van der Waals surface area contributed by atoms with E-state index in [9.17, 15) is 14.9 Å². The molecule has 0 saturated carbocycles. The minimum absolute atomic E-state index is 0.0605. The number of fused-ring (bicyclic) bond motifs is 1. The lowest BCUT2D eigenvalue weighted by atomic mass is 9.96. The minimum atomic E-state index is -0.765. The summed E-state index contributed by atoms with van der Waals surface area (Å²) in [6.45, 7) is 0. The number of para-hydroxylation sites is 2. The predicted molar refractivity (Wildman–Crippen MR) is 76.9 cm³/mol. The first-order chi connectivity index (χ1) is 10.2. The molecule has 1 atom stereocenters. The number of nitro benzene ring substituents is 1. The van der Waals surface area contributed by atoms with E-state index >= 15 is 0 Å². The highest BCUT2D eigenvalue weighted by atomic mass is 16.6. The fraction of sp³-hybridized carbons (Fsp3) is 0.0625. The number of hydrogen-bond acceptors (Lipinski definition) is 4. The molecule has 3 rings (SSSR count). The van der Waals surface area contributed by atoms with Crippen LogP contribution in [0.1, 0.15) is 17.2 Å². The molecule has 21 heavy (non-hydrogen) atoms. The third-order valence-corrected chi connectivity index (χ3v) is 3.34. The lowest BCUT2D eigenvalue weighted by molar-refractivity contribution is -0.386. The Hall–Kier alpha value is -2.95. The molecular weight excluding hydrogens is 270 g/mol. The first-order valence-corrected chi connectivity index (χ1v) is 6.36. The Kier molecular flexibility index (Phi) is 3.23. The van der Waals surface area contributed by atoms with Crippen LogP contribution in [0.4, 0.5) is 5.69 Å². The summed E-state index contributed by atoms with van der Waals surface area (Å²) in [5.41, 5.74) is 1.46. The quantitative estimate of drug-likeness (QED) is 0.491. The number of ether oxygens (including phenoxy) is 1. The molecule has 104 valence electrons. The summed E-state index contributed by atoms with van der Waals surface area (Å²) in [6.07, 6.45) is 1.61. The molecule has 1 aliphatic rings. The van der Waals surface area contributed by atoms with Crippen LogP contribution in [-0.2, 0) is 4.79 Å². The topological polar surface area (TPSA) is 69.4 Å². The van der Waals surface area contributed by atoms with E-state index in [2.05, 4.69) is 0 Å². The fourth-order valence-corrected chi connectivity index (χ4v) is 2.37. The zero-order valence-electron chi connectivity index (χ0n) is 10.9. The molecule has 0 amide bonds. The highest BCUT2D eigenvalue weighted by Crippen LogP contribution is 2.39. The van der Waals surface area contributed by atoms with Crippen LogP contribution in [0.5, 0.6) is 5.75 Å². The Balaban J connectivity index is 2.12. The summed E-state index contributed by atoms with van der Waals surface area (Å²) in [6, 6.07) is 13.5. The number of hydrogen-bond donors (Lipinski definition) is 0. The van der Waals surface area contributed by atoms with Crippen molar-refractivity contribution in [3.63, 3.8) is 0 Å². The molecule has 5 nitrogen and oxygen atoms in total. The maximum atomic E-state index is 11.3. The van der Waals surface area contributed by atoms with Crippen molar-refractivity contribution in [3.8, 4) is 5.75 Å². The number of nitro groups is 1. The number of aldehydes is 1. The first-order valence-electron chi connectivity index (χ1n) is 6.36. The largest absolute Gasteiger partial charge is 0.480 e. The third-order valence-electron chi connectivity index (χ3n) is 3.34. The van der Waals surface area contributed by atoms with Crippen LogP contribution in [-0.4, -0.2) is 11.2 Å². The van der Waals surface area contributed by atoms with Gasteiger partial charge in [0.2, 0.25) is 0 Å². The number of benzene rings is 2. The van der Waals surface area contributed by atoms with Crippen molar-refractivity contribution in [1.29, 1.82) is 0 Å². The number of carbonyl (C=O) groups is 1. The van der Waals surface area contributed by atoms with Gasteiger partial charge in [0.1, 0.15) is 12.0 Å². The van der Waals surface area contributed by atoms with Crippen LogP contribution in [0.15, 0.2) is 54.1 Å². The minimum Gasteiger partial charge on any atom is -0.480 e. The molecule has 0 saturated heterocycles. The van der Waals surface area contributed by atoms with Gasteiger partial charge >= 0.3 is 0 Å². The Morgan fingerprint density at radius 2 is 1.81 bits per heavy atom. The first kappa shape index (κ1) is 13.1. The van der Waals surface area contributed by atoms with Crippen molar-refractivity contribution in [1.82, 2.24) is 0 Å². The van der Waals surface area contributed by atoms with Crippen LogP contribution < -0.4 is 4.74 Å². The second-order valence-electron chi connectivity index (χ2n) is 4.61. The standard InChI is InChI=1S/C16H11NO4/c18-10-12-9-11-5-1-4-8-15(11)21-16(12)13-6-2-3-7-14(13)17(19)20/h1-10,16H/t16-/m0/s1. The van der Waals surface area contributed by atoms with Crippen molar-refractivity contribution >= 4 is 18.0 Å². The monoisotopic (exact) mass is 281 g/mol. The van der Waals surface area contributed by atoms with E-state index in [-0.39, 0.29) is 5.69 Å². The van der Waals surface area contributed by atoms with Gasteiger partial charge in [-0.3, -0.25) is 14.9 Å². The zero-order chi connectivity index (χ0) is 14.8. The summed E-state index contributed by atoms with van der Waals surface area (Å²) in [5.74, 6) is 0.603. The fourth-order valence-electron chi connectivity index (χ4n) is 2.37. The maximum absolute atomic E-state index is 11.3. The van der Waals surface area contributed by atoms with Crippen LogP contribution in [0, 0.1) is 10.1 Å². The molecule has 0 aliphatic carbocycles. The molecule has 0 radical (unpaired) electrons. The molecule has 2 aromatic rings. The molecule has 0 spiro atoms. The summed E-state index contributed by atoms with van der Waals surface area (Å²) in [4.78, 5) is 22.0. The molecule has 2 aromatic carbocycles. The molecule has 0 aromatic heterocycles. The molecule has 0 unspecified atom stereocenters. The Morgan fingerprint density at radius 3 is 2.57 bits per heavy atom. The SMILES string of the molecule is O=CC1=Cc2ccccc2O[C@@H]1c1ccccc1[N+](=O)[O-]. The Labute approximate surface area is 120 Å². The Bertz CT molecular complexity index is 751. The molecular formula is C16H11NO4. The van der Waals surface area contributed by atoms with Crippen molar-refractivity contribution in [2.75, 3.05) is 0 Å². The van der Waals surface area contributed by atoms with Gasteiger partial charge in [-0.25, -0.2) is 0 Å². The van der Waals surface area contributed by atoms with Gasteiger partial charge in [-0.2, -0.15) is 0 Å². The van der Waals surface area contributed by atoms with Crippen LogP contribution in [0.25, 0.3) is 6.08 Å². The van der Waals surface area contributed by atoms with Crippen LogP contribution >= 0.6 is 0 Å². The normalized spacial score (nSPS) is 16.4. The van der Waals surface area contributed by atoms with Crippen LogP contribution in [0.3, 0.4) is 0 Å². The average Bonchev–Trinajstić information content (AvgIpc) is 2.53. The van der Waals surface area contributed by atoms with Gasteiger partial charge in [0.05, 0.1) is 10.5 Å². The molecule has 0 N–H and O–H groups in total. The lowest BCUT2D eigenvalue weighted by Gasteiger charge is -2.24. The van der Waals surface area contributed by atoms with E-state index in [0.29, 0.717) is 23.2 Å². The van der Waals surface area contributed by atoms with Crippen LogP contribution in [0.2, 0.25) is 0 Å². The number of rotatable bonds is 3. The van der Waals surface area contributed by atoms with Crippen molar-refractivity contribution in [3.05, 3.63) is 75.3 Å².